The predicted molar refractivity (Wildman–Crippen MR) is 49.4 cm³/mol. The van der Waals surface area contributed by atoms with Gasteiger partial charge in [0.1, 0.15) is 5.69 Å². The third-order valence-electron chi connectivity index (χ3n) is 2.01. The standard InChI is InChI=1S/C9H11FN2O/c10-6-2-3-7(11)8-9(6)13-5-1-4-12-8/h2-3,12H,1,4-5,11H2. The minimum atomic E-state index is -0.362. The molecule has 0 aromatic heterocycles. The quantitative estimate of drug-likeness (QED) is 0.599. The normalized spacial score (nSPS) is 15.2. The average Bonchev–Trinajstić information content (AvgIpc) is 2.37. The summed E-state index contributed by atoms with van der Waals surface area (Å²) in [7, 11) is 0. The van der Waals surface area contributed by atoms with Crippen molar-refractivity contribution >= 4 is 11.4 Å². The lowest BCUT2D eigenvalue weighted by Crippen LogP contribution is -2.02. The summed E-state index contributed by atoms with van der Waals surface area (Å²) in [6, 6.07) is 2.86. The summed E-state index contributed by atoms with van der Waals surface area (Å²) in [5, 5.41) is 3.04. The van der Waals surface area contributed by atoms with Gasteiger partial charge in [0.2, 0.25) is 0 Å². The van der Waals surface area contributed by atoms with Crippen LogP contribution in [0.3, 0.4) is 0 Å². The van der Waals surface area contributed by atoms with Crippen molar-refractivity contribution in [2.24, 2.45) is 0 Å². The molecule has 0 aliphatic carbocycles. The molecule has 2 rings (SSSR count). The number of benzene rings is 1. The molecule has 70 valence electrons. The van der Waals surface area contributed by atoms with Crippen LogP contribution in [0.15, 0.2) is 12.1 Å². The molecule has 3 nitrogen and oxygen atoms in total. The molecule has 3 N–H and O–H groups in total. The van der Waals surface area contributed by atoms with E-state index in [0.717, 1.165) is 13.0 Å². The van der Waals surface area contributed by atoms with Crippen LogP contribution < -0.4 is 15.8 Å². The predicted octanol–water partition coefficient (Wildman–Crippen LogP) is 1.60. The van der Waals surface area contributed by atoms with Crippen molar-refractivity contribution < 1.29 is 9.13 Å². The first-order valence-electron chi connectivity index (χ1n) is 4.23. The van der Waals surface area contributed by atoms with Gasteiger partial charge in [-0.2, -0.15) is 0 Å². The first kappa shape index (κ1) is 8.16. The van der Waals surface area contributed by atoms with Crippen LogP contribution in [-0.2, 0) is 0 Å². The Kier molecular flexibility index (Phi) is 1.96. The molecule has 0 radical (unpaired) electrons. The van der Waals surface area contributed by atoms with Crippen molar-refractivity contribution in [3.8, 4) is 5.75 Å². The summed E-state index contributed by atoms with van der Waals surface area (Å²) in [6.07, 6.45) is 0.855. The maximum atomic E-state index is 13.2. The molecule has 0 fully saturated rings. The summed E-state index contributed by atoms with van der Waals surface area (Å²) in [5.41, 5.74) is 6.78. The number of hydrogen-bond donors (Lipinski definition) is 2. The highest BCUT2D eigenvalue weighted by Gasteiger charge is 2.15. The Labute approximate surface area is 75.7 Å². The SMILES string of the molecule is Nc1ccc(F)c2c1NCCCO2. The lowest BCUT2D eigenvalue weighted by atomic mass is 10.2. The van der Waals surface area contributed by atoms with E-state index in [1.807, 2.05) is 0 Å². The molecule has 1 aliphatic rings. The van der Waals surface area contributed by atoms with Gasteiger partial charge in [0, 0.05) is 6.54 Å². The number of halogens is 1. The number of nitrogens with two attached hydrogens (primary N) is 1. The summed E-state index contributed by atoms with van der Waals surface area (Å²) < 4.78 is 18.5. The first-order chi connectivity index (χ1) is 6.29. The second kappa shape index (κ2) is 3.12. The Bertz CT molecular complexity index is 297. The second-order valence-electron chi connectivity index (χ2n) is 2.97. The van der Waals surface area contributed by atoms with E-state index in [4.69, 9.17) is 10.5 Å². The zero-order chi connectivity index (χ0) is 9.26. The highest BCUT2D eigenvalue weighted by atomic mass is 19.1. The average molecular weight is 182 g/mol. The van der Waals surface area contributed by atoms with E-state index in [1.54, 1.807) is 0 Å². The minimum absolute atomic E-state index is 0.248. The number of hydrogen-bond acceptors (Lipinski definition) is 3. The van der Waals surface area contributed by atoms with Crippen molar-refractivity contribution in [2.75, 3.05) is 24.2 Å². The van der Waals surface area contributed by atoms with Crippen LogP contribution in [0.2, 0.25) is 0 Å². The molecule has 0 saturated carbocycles. The van der Waals surface area contributed by atoms with Gasteiger partial charge in [-0.3, -0.25) is 0 Å². The largest absolute Gasteiger partial charge is 0.488 e. The van der Waals surface area contributed by atoms with E-state index in [0.29, 0.717) is 18.0 Å². The molecule has 13 heavy (non-hydrogen) atoms. The topological polar surface area (TPSA) is 47.3 Å². The third kappa shape index (κ3) is 1.39. The van der Waals surface area contributed by atoms with Crippen molar-refractivity contribution in [3.63, 3.8) is 0 Å². The van der Waals surface area contributed by atoms with Crippen LogP contribution in [0.4, 0.5) is 15.8 Å². The molecule has 0 unspecified atom stereocenters. The smallest absolute Gasteiger partial charge is 0.180 e. The Morgan fingerprint density at radius 1 is 1.46 bits per heavy atom. The lowest BCUT2D eigenvalue weighted by molar-refractivity contribution is 0.307. The van der Waals surface area contributed by atoms with Crippen LogP contribution in [0, 0.1) is 5.82 Å². The summed E-state index contributed by atoms with van der Waals surface area (Å²) in [6.45, 7) is 1.29. The molecule has 4 heteroatoms. The summed E-state index contributed by atoms with van der Waals surface area (Å²) >= 11 is 0. The number of rotatable bonds is 0. The molecule has 0 spiro atoms. The van der Waals surface area contributed by atoms with Gasteiger partial charge in [-0.25, -0.2) is 4.39 Å². The zero-order valence-corrected chi connectivity index (χ0v) is 7.14. The maximum absolute atomic E-state index is 13.2. The number of nitrogens with one attached hydrogen (secondary N) is 1. The summed E-state index contributed by atoms with van der Waals surface area (Å²) in [4.78, 5) is 0. The third-order valence-corrected chi connectivity index (χ3v) is 2.01. The van der Waals surface area contributed by atoms with Gasteiger partial charge in [-0.15, -0.1) is 0 Å². The van der Waals surface area contributed by atoms with Crippen molar-refractivity contribution in [1.82, 2.24) is 0 Å². The van der Waals surface area contributed by atoms with Crippen molar-refractivity contribution in [1.29, 1.82) is 0 Å². The monoisotopic (exact) mass is 182 g/mol. The van der Waals surface area contributed by atoms with Gasteiger partial charge in [0.05, 0.1) is 12.3 Å². The van der Waals surface area contributed by atoms with Gasteiger partial charge in [-0.1, -0.05) is 0 Å². The minimum Gasteiger partial charge on any atom is -0.488 e. The van der Waals surface area contributed by atoms with E-state index in [1.165, 1.54) is 12.1 Å². The van der Waals surface area contributed by atoms with Gasteiger partial charge < -0.3 is 15.8 Å². The van der Waals surface area contributed by atoms with Crippen LogP contribution >= 0.6 is 0 Å². The van der Waals surface area contributed by atoms with E-state index in [-0.39, 0.29) is 11.6 Å². The van der Waals surface area contributed by atoms with E-state index in [9.17, 15) is 4.39 Å². The second-order valence-corrected chi connectivity index (χ2v) is 2.97. The molecule has 0 saturated heterocycles. The molecule has 1 aromatic carbocycles. The van der Waals surface area contributed by atoms with Crippen molar-refractivity contribution in [2.45, 2.75) is 6.42 Å². The first-order valence-corrected chi connectivity index (χ1v) is 4.23. The maximum Gasteiger partial charge on any atom is 0.180 e. The Hall–Kier alpha value is -1.45. The summed E-state index contributed by atoms with van der Waals surface area (Å²) in [5.74, 6) is -0.115. The molecule has 0 bridgehead atoms. The number of anilines is 2. The van der Waals surface area contributed by atoms with Crippen LogP contribution in [0.1, 0.15) is 6.42 Å². The van der Waals surface area contributed by atoms with Gasteiger partial charge >= 0.3 is 0 Å². The van der Waals surface area contributed by atoms with Crippen molar-refractivity contribution in [3.05, 3.63) is 17.9 Å². The van der Waals surface area contributed by atoms with Crippen LogP contribution in [-0.4, -0.2) is 13.2 Å². The number of fused-ring (bicyclic) bond motifs is 1. The fourth-order valence-electron chi connectivity index (χ4n) is 1.36. The fraction of sp³-hybridized carbons (Fsp3) is 0.333. The molecule has 0 amide bonds. The molecule has 1 aliphatic heterocycles. The van der Waals surface area contributed by atoms with Gasteiger partial charge in [-0.05, 0) is 18.6 Å². The lowest BCUT2D eigenvalue weighted by Gasteiger charge is -2.10. The van der Waals surface area contributed by atoms with E-state index < -0.39 is 0 Å². The van der Waals surface area contributed by atoms with E-state index >= 15 is 0 Å². The number of ether oxygens (including phenoxy) is 1. The number of nitrogen functional groups attached to an aromatic ring is 1. The molecular weight excluding hydrogens is 171 g/mol. The zero-order valence-electron chi connectivity index (χ0n) is 7.14. The Balaban J connectivity index is 2.50. The van der Waals surface area contributed by atoms with Gasteiger partial charge in [0.15, 0.2) is 11.6 Å². The Morgan fingerprint density at radius 2 is 2.31 bits per heavy atom. The van der Waals surface area contributed by atoms with E-state index in [2.05, 4.69) is 5.32 Å². The highest BCUT2D eigenvalue weighted by molar-refractivity contribution is 5.74. The highest BCUT2D eigenvalue weighted by Crippen LogP contribution is 2.34. The molecular formula is C9H11FN2O. The molecule has 0 atom stereocenters. The van der Waals surface area contributed by atoms with Crippen LogP contribution in [0.5, 0.6) is 5.75 Å². The molecule has 1 aromatic rings. The fourth-order valence-corrected chi connectivity index (χ4v) is 1.36. The Morgan fingerprint density at radius 3 is 3.15 bits per heavy atom. The van der Waals surface area contributed by atoms with Gasteiger partial charge in [0.25, 0.3) is 0 Å². The molecule has 1 heterocycles. The van der Waals surface area contributed by atoms with Crippen LogP contribution in [0.25, 0.3) is 0 Å².